The van der Waals surface area contributed by atoms with E-state index in [0.29, 0.717) is 24.2 Å². The number of β-amino-alcohol motifs (C(OH)–C–C–N with tert-alkyl or cyclic N) is 1. The van der Waals surface area contributed by atoms with Gasteiger partial charge in [0.05, 0.1) is 11.9 Å². The summed E-state index contributed by atoms with van der Waals surface area (Å²) in [5.41, 5.74) is 6.91. The largest absolute Gasteiger partial charge is 0.399 e. The van der Waals surface area contributed by atoms with Crippen LogP contribution in [-0.2, 0) is 15.8 Å². The average molecular weight is 313 g/mol. The van der Waals surface area contributed by atoms with Gasteiger partial charge in [-0.3, -0.25) is 0 Å². The van der Waals surface area contributed by atoms with Gasteiger partial charge in [-0.1, -0.05) is 12.1 Å². The first kappa shape index (κ1) is 16.2. The number of nitrogen functional groups attached to an aromatic ring is 1. The van der Waals surface area contributed by atoms with Crippen molar-refractivity contribution in [2.24, 2.45) is 0 Å². The molecule has 0 aromatic heterocycles. The van der Waals surface area contributed by atoms with Crippen LogP contribution in [0.3, 0.4) is 0 Å². The number of anilines is 1. The predicted molar refractivity (Wildman–Crippen MR) is 83.2 cm³/mol. The van der Waals surface area contributed by atoms with E-state index in [1.165, 1.54) is 4.31 Å². The van der Waals surface area contributed by atoms with Gasteiger partial charge in [0.25, 0.3) is 0 Å². The molecule has 0 amide bonds. The van der Waals surface area contributed by atoms with Gasteiger partial charge in [-0.05, 0) is 38.2 Å². The molecule has 0 spiro atoms. The van der Waals surface area contributed by atoms with Crippen LogP contribution in [0.2, 0.25) is 0 Å². The lowest BCUT2D eigenvalue weighted by atomic mass is 10.2. The molecular weight excluding hydrogens is 290 g/mol. The molecule has 1 aromatic carbocycles. The number of nitrogens with zero attached hydrogens (tertiary/aromatic N) is 2. The maximum atomic E-state index is 12.6. The van der Waals surface area contributed by atoms with Gasteiger partial charge < -0.3 is 15.7 Å². The second kappa shape index (κ2) is 6.31. The highest BCUT2D eigenvalue weighted by Gasteiger charge is 2.38. The molecule has 1 aliphatic rings. The van der Waals surface area contributed by atoms with Crippen molar-refractivity contribution in [3.05, 3.63) is 29.8 Å². The fourth-order valence-electron chi connectivity index (χ4n) is 2.77. The summed E-state index contributed by atoms with van der Waals surface area (Å²) in [5.74, 6) is -0.0886. The molecule has 0 aliphatic carbocycles. The SMILES string of the molecule is CN(C)CC1CC(O)CN1S(=O)(=O)Cc1cccc(N)c1. The summed E-state index contributed by atoms with van der Waals surface area (Å²) in [5, 5.41) is 9.81. The molecule has 1 aromatic rings. The van der Waals surface area contributed by atoms with Crippen LogP contribution in [0.25, 0.3) is 0 Å². The molecule has 2 rings (SSSR count). The van der Waals surface area contributed by atoms with E-state index >= 15 is 0 Å². The topological polar surface area (TPSA) is 86.9 Å². The van der Waals surface area contributed by atoms with Gasteiger partial charge in [0.15, 0.2) is 0 Å². The highest BCUT2D eigenvalue weighted by molar-refractivity contribution is 7.88. The van der Waals surface area contributed by atoms with Gasteiger partial charge in [0, 0.05) is 24.8 Å². The van der Waals surface area contributed by atoms with E-state index in [1.54, 1.807) is 24.3 Å². The van der Waals surface area contributed by atoms with Crippen molar-refractivity contribution < 1.29 is 13.5 Å². The zero-order valence-corrected chi connectivity index (χ0v) is 13.3. The van der Waals surface area contributed by atoms with Crippen LogP contribution in [0, 0.1) is 0 Å². The second-order valence-electron chi connectivity index (χ2n) is 5.88. The van der Waals surface area contributed by atoms with Crippen LogP contribution < -0.4 is 5.73 Å². The molecule has 21 heavy (non-hydrogen) atoms. The number of sulfonamides is 1. The maximum Gasteiger partial charge on any atom is 0.218 e. The molecular formula is C14H23N3O3S. The Kier molecular flexibility index (Phi) is 4.88. The monoisotopic (exact) mass is 313 g/mol. The quantitative estimate of drug-likeness (QED) is 0.753. The normalized spacial score (nSPS) is 23.8. The highest BCUT2D eigenvalue weighted by Crippen LogP contribution is 2.24. The summed E-state index contributed by atoms with van der Waals surface area (Å²) in [7, 11) is 0.326. The molecule has 2 unspecified atom stereocenters. The number of aliphatic hydroxyl groups is 1. The van der Waals surface area contributed by atoms with Gasteiger partial charge in [-0.25, -0.2) is 8.42 Å². The number of aliphatic hydroxyl groups excluding tert-OH is 1. The Bertz CT molecular complexity index is 589. The number of hydrogen-bond acceptors (Lipinski definition) is 5. The molecule has 1 aliphatic heterocycles. The first-order chi connectivity index (χ1) is 9.78. The van der Waals surface area contributed by atoms with E-state index in [1.807, 2.05) is 19.0 Å². The number of benzene rings is 1. The van der Waals surface area contributed by atoms with E-state index in [0.717, 1.165) is 0 Å². The minimum Gasteiger partial charge on any atom is -0.399 e. The van der Waals surface area contributed by atoms with Crippen molar-refractivity contribution in [2.75, 3.05) is 32.9 Å². The molecule has 1 saturated heterocycles. The third-order valence-electron chi connectivity index (χ3n) is 3.58. The van der Waals surface area contributed by atoms with Gasteiger partial charge in [-0.15, -0.1) is 0 Å². The number of nitrogens with two attached hydrogens (primary N) is 1. The molecule has 0 saturated carbocycles. The molecule has 1 heterocycles. The third-order valence-corrected chi connectivity index (χ3v) is 5.44. The molecule has 6 nitrogen and oxygen atoms in total. The Hall–Kier alpha value is -1.15. The molecule has 1 fully saturated rings. The smallest absolute Gasteiger partial charge is 0.218 e. The summed E-state index contributed by atoms with van der Waals surface area (Å²) in [6.45, 7) is 0.774. The van der Waals surface area contributed by atoms with Gasteiger partial charge >= 0.3 is 0 Å². The Balaban J connectivity index is 2.17. The van der Waals surface area contributed by atoms with Crippen molar-refractivity contribution in [1.82, 2.24) is 9.21 Å². The Morgan fingerprint density at radius 3 is 2.76 bits per heavy atom. The fraction of sp³-hybridized carbons (Fsp3) is 0.571. The van der Waals surface area contributed by atoms with E-state index in [9.17, 15) is 13.5 Å². The zero-order valence-electron chi connectivity index (χ0n) is 12.4. The molecule has 118 valence electrons. The van der Waals surface area contributed by atoms with Crippen LogP contribution in [0.15, 0.2) is 24.3 Å². The lowest BCUT2D eigenvalue weighted by Gasteiger charge is -2.26. The summed E-state index contributed by atoms with van der Waals surface area (Å²) >= 11 is 0. The minimum atomic E-state index is -3.47. The standard InChI is InChI=1S/C14H23N3O3S/c1-16(2)8-13-7-14(18)9-17(13)21(19,20)10-11-4-3-5-12(15)6-11/h3-6,13-14,18H,7-10,15H2,1-2H3. The third kappa shape index (κ3) is 4.16. The summed E-state index contributed by atoms with van der Waals surface area (Å²) in [6, 6.07) is 6.72. The first-order valence-corrected chi connectivity index (χ1v) is 8.55. The van der Waals surface area contributed by atoms with E-state index in [2.05, 4.69) is 0 Å². The van der Waals surface area contributed by atoms with Crippen molar-refractivity contribution >= 4 is 15.7 Å². The van der Waals surface area contributed by atoms with Crippen LogP contribution in [0.4, 0.5) is 5.69 Å². The number of rotatable bonds is 5. The average Bonchev–Trinajstić information content (AvgIpc) is 2.69. The molecule has 2 atom stereocenters. The summed E-state index contributed by atoms with van der Waals surface area (Å²) in [6.07, 6.45) is -0.112. The van der Waals surface area contributed by atoms with Crippen molar-refractivity contribution in [3.8, 4) is 0 Å². The predicted octanol–water partition coefficient (Wildman–Crippen LogP) is 0.0954. The lowest BCUT2D eigenvalue weighted by molar-refractivity contribution is 0.188. The van der Waals surface area contributed by atoms with Crippen molar-refractivity contribution in [3.63, 3.8) is 0 Å². The minimum absolute atomic E-state index is 0.0886. The Morgan fingerprint density at radius 1 is 1.43 bits per heavy atom. The van der Waals surface area contributed by atoms with E-state index in [-0.39, 0.29) is 18.3 Å². The van der Waals surface area contributed by atoms with E-state index < -0.39 is 16.1 Å². The van der Waals surface area contributed by atoms with Crippen molar-refractivity contribution in [1.29, 1.82) is 0 Å². The van der Waals surface area contributed by atoms with Crippen LogP contribution in [0.1, 0.15) is 12.0 Å². The van der Waals surface area contributed by atoms with Crippen LogP contribution >= 0.6 is 0 Å². The second-order valence-corrected chi connectivity index (χ2v) is 7.80. The molecule has 0 bridgehead atoms. The van der Waals surface area contributed by atoms with Crippen molar-refractivity contribution in [2.45, 2.75) is 24.3 Å². The van der Waals surface area contributed by atoms with Crippen LogP contribution in [0.5, 0.6) is 0 Å². The number of likely N-dealkylation sites (N-methyl/N-ethyl adjacent to an activating group) is 1. The highest BCUT2D eigenvalue weighted by atomic mass is 32.2. The van der Waals surface area contributed by atoms with Crippen LogP contribution in [-0.4, -0.2) is 62.1 Å². The van der Waals surface area contributed by atoms with Gasteiger partial charge in [0.1, 0.15) is 0 Å². The lowest BCUT2D eigenvalue weighted by Crippen LogP contribution is -2.41. The summed E-state index contributed by atoms with van der Waals surface area (Å²) in [4.78, 5) is 1.94. The first-order valence-electron chi connectivity index (χ1n) is 6.94. The van der Waals surface area contributed by atoms with Gasteiger partial charge in [-0.2, -0.15) is 4.31 Å². The Labute approximate surface area is 126 Å². The Morgan fingerprint density at radius 2 is 2.14 bits per heavy atom. The van der Waals surface area contributed by atoms with Gasteiger partial charge in [0.2, 0.25) is 10.0 Å². The zero-order chi connectivity index (χ0) is 15.6. The fourth-order valence-corrected chi connectivity index (χ4v) is 4.54. The molecule has 7 heteroatoms. The number of hydrogen-bond donors (Lipinski definition) is 2. The molecule has 0 radical (unpaired) electrons. The summed E-state index contributed by atoms with van der Waals surface area (Å²) < 4.78 is 26.6. The molecule has 3 N–H and O–H groups in total. The van der Waals surface area contributed by atoms with E-state index in [4.69, 9.17) is 5.73 Å². The maximum absolute atomic E-state index is 12.6.